The van der Waals surface area contributed by atoms with Gasteiger partial charge in [0.05, 0.1) is 11.9 Å². The van der Waals surface area contributed by atoms with Gasteiger partial charge in [-0.15, -0.1) is 0 Å². The lowest BCUT2D eigenvalue weighted by molar-refractivity contribution is -0.133. The lowest BCUT2D eigenvalue weighted by Crippen LogP contribution is -2.53. The van der Waals surface area contributed by atoms with Crippen LogP contribution in [0.5, 0.6) is 5.75 Å². The van der Waals surface area contributed by atoms with Crippen LogP contribution in [-0.2, 0) is 13.9 Å². The van der Waals surface area contributed by atoms with Crippen LogP contribution in [0.15, 0.2) is 24.4 Å². The van der Waals surface area contributed by atoms with Crippen molar-refractivity contribution in [2.24, 2.45) is 0 Å². The fourth-order valence-electron chi connectivity index (χ4n) is 2.51. The Morgan fingerprint density at radius 3 is 2.82 bits per heavy atom. The van der Waals surface area contributed by atoms with E-state index in [-0.39, 0.29) is 23.2 Å². The number of nitrogens with two attached hydrogens (primary N) is 1. The largest absolute Gasteiger partial charge is 0.476 e. The quantitative estimate of drug-likeness (QED) is 0.529. The summed E-state index contributed by atoms with van der Waals surface area (Å²) in [5.74, 6) is -1.38. The van der Waals surface area contributed by atoms with Gasteiger partial charge in [0.15, 0.2) is 17.2 Å². The second kappa shape index (κ2) is 6.99. The molecule has 1 aliphatic rings. The first-order chi connectivity index (χ1) is 13.0. The lowest BCUT2D eigenvalue weighted by Gasteiger charge is -2.38. The molecule has 0 aliphatic carbocycles. The molecule has 11 nitrogen and oxygen atoms in total. The molecule has 0 unspecified atom stereocenters. The molecule has 2 aromatic rings. The predicted octanol–water partition coefficient (Wildman–Crippen LogP) is 1.51. The number of carbonyl (C=O) groups excluding carboxylic acids is 1. The molecule has 0 fully saturated rings. The number of amides is 1. The van der Waals surface area contributed by atoms with Crippen LogP contribution in [0.4, 0.5) is 27.5 Å². The number of ether oxygens (including phenoxy) is 1. The summed E-state index contributed by atoms with van der Waals surface area (Å²) in [5, 5.41) is 2.70. The van der Waals surface area contributed by atoms with E-state index in [4.69, 9.17) is 20.3 Å². The van der Waals surface area contributed by atoms with Crippen LogP contribution < -0.4 is 20.7 Å². The van der Waals surface area contributed by atoms with Gasteiger partial charge in [-0.3, -0.25) is 14.2 Å². The third-order valence-corrected chi connectivity index (χ3v) is 4.21. The van der Waals surface area contributed by atoms with Crippen molar-refractivity contribution in [3.8, 4) is 5.75 Å². The van der Waals surface area contributed by atoms with Crippen molar-refractivity contribution >= 4 is 36.9 Å². The average molecular weight is 413 g/mol. The molecule has 0 atom stereocenters. The van der Waals surface area contributed by atoms with E-state index in [0.717, 1.165) is 11.1 Å². The minimum atomic E-state index is -4.82. The molecule has 0 saturated heterocycles. The molecule has 1 aliphatic heterocycles. The number of nitrogens with zero attached hydrogens (tertiary/aromatic N) is 3. The Morgan fingerprint density at radius 2 is 2.14 bits per heavy atom. The van der Waals surface area contributed by atoms with E-state index in [2.05, 4.69) is 19.8 Å². The summed E-state index contributed by atoms with van der Waals surface area (Å²) in [7, 11) is -4.82. The molecule has 1 amide bonds. The van der Waals surface area contributed by atoms with Gasteiger partial charge in [-0.25, -0.2) is 13.9 Å². The number of phosphoric ester groups is 1. The van der Waals surface area contributed by atoms with Crippen molar-refractivity contribution in [3.05, 3.63) is 30.2 Å². The van der Waals surface area contributed by atoms with Gasteiger partial charge in [0.2, 0.25) is 5.95 Å². The first kappa shape index (κ1) is 20.0. The molecule has 0 spiro atoms. The Balaban J connectivity index is 1.97. The van der Waals surface area contributed by atoms with Crippen LogP contribution in [0.2, 0.25) is 0 Å². The number of rotatable bonds is 5. The maximum atomic E-state index is 13.8. The number of nitrogens with one attached hydrogen (secondary N) is 1. The lowest BCUT2D eigenvalue weighted by atomic mass is 10.0. The molecule has 1 aromatic heterocycles. The topological polar surface area (TPSA) is 160 Å². The van der Waals surface area contributed by atoms with Crippen molar-refractivity contribution in [1.29, 1.82) is 0 Å². The smallest absolute Gasteiger partial charge is 0.471 e. The molecule has 150 valence electrons. The molecule has 5 N–H and O–H groups in total. The summed E-state index contributed by atoms with van der Waals surface area (Å²) >= 11 is 0. The van der Waals surface area contributed by atoms with Gasteiger partial charge in [0, 0.05) is 5.69 Å². The fraction of sp³-hybridized carbons (Fsp3) is 0.267. The zero-order valence-corrected chi connectivity index (χ0v) is 15.7. The molecule has 0 saturated carbocycles. The number of hydrogen-bond acceptors (Lipinski definition) is 8. The van der Waals surface area contributed by atoms with Crippen molar-refractivity contribution in [1.82, 2.24) is 9.97 Å². The highest BCUT2D eigenvalue weighted by Gasteiger charge is 2.41. The van der Waals surface area contributed by atoms with Gasteiger partial charge >= 0.3 is 7.82 Å². The highest BCUT2D eigenvalue weighted by molar-refractivity contribution is 7.46. The minimum absolute atomic E-state index is 0.140. The van der Waals surface area contributed by atoms with Gasteiger partial charge in [-0.05, 0) is 32.0 Å². The maximum absolute atomic E-state index is 13.8. The SMILES string of the molecule is CC1(C)Oc2ccc(Nc3nc(N)ncc3F)cc2N(COP(=O)(O)O)C1=O. The predicted molar refractivity (Wildman–Crippen MR) is 96.3 cm³/mol. The summed E-state index contributed by atoms with van der Waals surface area (Å²) in [4.78, 5) is 38.9. The fourth-order valence-corrected chi connectivity index (χ4v) is 2.78. The number of benzene rings is 1. The number of phosphoric acid groups is 1. The van der Waals surface area contributed by atoms with Crippen LogP contribution in [0, 0.1) is 5.82 Å². The van der Waals surface area contributed by atoms with E-state index in [1.165, 1.54) is 26.0 Å². The van der Waals surface area contributed by atoms with E-state index in [1.807, 2.05) is 0 Å². The molecule has 1 aromatic carbocycles. The minimum Gasteiger partial charge on any atom is -0.476 e. The van der Waals surface area contributed by atoms with E-state index in [9.17, 15) is 13.8 Å². The Bertz CT molecular complexity index is 981. The van der Waals surface area contributed by atoms with E-state index in [0.29, 0.717) is 5.69 Å². The highest BCUT2D eigenvalue weighted by atomic mass is 31.2. The van der Waals surface area contributed by atoms with Gasteiger partial charge in [0.25, 0.3) is 5.91 Å². The Kier molecular flexibility index (Phi) is 4.98. The Hall–Kier alpha value is -2.79. The molecule has 28 heavy (non-hydrogen) atoms. The molecule has 0 radical (unpaired) electrons. The van der Waals surface area contributed by atoms with Gasteiger partial charge in [-0.2, -0.15) is 4.98 Å². The summed E-state index contributed by atoms with van der Waals surface area (Å²) in [6, 6.07) is 4.48. The Morgan fingerprint density at radius 1 is 1.43 bits per heavy atom. The Labute approximate surface area is 158 Å². The summed E-state index contributed by atoms with van der Waals surface area (Å²) in [5.41, 5.74) is 4.65. The van der Waals surface area contributed by atoms with Gasteiger partial charge in [-0.1, -0.05) is 0 Å². The van der Waals surface area contributed by atoms with Crippen molar-refractivity contribution < 1.29 is 32.8 Å². The summed E-state index contributed by atoms with van der Waals surface area (Å²) < 4.78 is 35.0. The zero-order valence-electron chi connectivity index (χ0n) is 14.8. The number of hydrogen-bond donors (Lipinski definition) is 4. The van der Waals surface area contributed by atoms with Gasteiger partial charge in [0.1, 0.15) is 12.5 Å². The van der Waals surface area contributed by atoms with Gasteiger partial charge < -0.3 is 25.6 Å². The van der Waals surface area contributed by atoms with Crippen LogP contribution >= 0.6 is 7.82 Å². The number of nitrogen functional groups attached to an aromatic ring is 1. The van der Waals surface area contributed by atoms with Crippen LogP contribution in [0.3, 0.4) is 0 Å². The second-order valence-electron chi connectivity index (χ2n) is 6.33. The molecule has 13 heteroatoms. The summed E-state index contributed by atoms with van der Waals surface area (Å²) in [6.07, 6.45) is 0.901. The van der Waals surface area contributed by atoms with Crippen molar-refractivity contribution in [2.45, 2.75) is 19.4 Å². The third kappa shape index (κ3) is 4.20. The number of anilines is 4. The number of carbonyl (C=O) groups is 1. The average Bonchev–Trinajstić information content (AvgIpc) is 2.58. The molecule has 0 bridgehead atoms. The molecular formula is C15H17FN5O6P. The van der Waals surface area contributed by atoms with Crippen LogP contribution in [0.25, 0.3) is 0 Å². The standard InChI is InChI=1S/C15H17FN5O6P/c1-15(2)13(22)21(7-26-28(23,24)25)10-5-8(3-4-11(10)27-15)19-12-9(16)6-18-14(17)20-12/h3-6H,7H2,1-2H3,(H2,23,24,25)(H3,17,18,19,20). The molecule has 2 heterocycles. The molecule has 3 rings (SSSR count). The third-order valence-electron chi connectivity index (χ3n) is 3.76. The normalized spacial score (nSPS) is 15.8. The zero-order chi connectivity index (χ0) is 20.7. The number of aromatic nitrogens is 2. The van der Waals surface area contributed by atoms with Crippen LogP contribution in [0.1, 0.15) is 13.8 Å². The first-order valence-corrected chi connectivity index (χ1v) is 9.39. The van der Waals surface area contributed by atoms with Crippen LogP contribution in [-0.4, -0.2) is 38.0 Å². The van der Waals surface area contributed by atoms with Crippen molar-refractivity contribution in [3.63, 3.8) is 0 Å². The molecular weight excluding hydrogens is 396 g/mol. The number of halogens is 1. The van der Waals surface area contributed by atoms with Crippen molar-refractivity contribution in [2.75, 3.05) is 22.7 Å². The van der Waals surface area contributed by atoms with E-state index in [1.54, 1.807) is 6.07 Å². The first-order valence-electron chi connectivity index (χ1n) is 7.86. The maximum Gasteiger partial charge on any atom is 0.471 e. The highest BCUT2D eigenvalue weighted by Crippen LogP contribution is 2.42. The van der Waals surface area contributed by atoms with E-state index < -0.39 is 31.9 Å². The monoisotopic (exact) mass is 413 g/mol. The second-order valence-corrected chi connectivity index (χ2v) is 7.57. The summed E-state index contributed by atoms with van der Waals surface area (Å²) in [6.45, 7) is 2.31. The number of fused-ring (bicyclic) bond motifs is 1. The van der Waals surface area contributed by atoms with E-state index >= 15 is 0 Å².